The van der Waals surface area contributed by atoms with Crippen molar-refractivity contribution in [1.29, 1.82) is 0 Å². The van der Waals surface area contributed by atoms with Gasteiger partial charge in [-0.3, -0.25) is 9.11 Å². The number of nitrogens with zero attached hydrogens (tertiary/aromatic N) is 6. The fourth-order valence-electron chi connectivity index (χ4n) is 5.58. The maximum absolute atomic E-state index is 12.6. The topological polar surface area (TPSA) is 286 Å². The summed E-state index contributed by atoms with van der Waals surface area (Å²) < 4.78 is 70.9. The minimum absolute atomic E-state index is 0.0134. The van der Waals surface area contributed by atoms with Gasteiger partial charge >= 0.3 is 0 Å². The van der Waals surface area contributed by atoms with E-state index in [1.165, 1.54) is 42.5 Å². The summed E-state index contributed by atoms with van der Waals surface area (Å²) in [7, 11) is -9.60. The molecule has 300 valence electrons. The molecule has 6 aromatic rings. The zero-order valence-electron chi connectivity index (χ0n) is 30.8. The molecule has 20 heteroatoms. The monoisotopic (exact) mass is 824 g/mol. The molecule has 4 aromatic carbocycles. The van der Waals surface area contributed by atoms with Crippen LogP contribution in [-0.2, 0) is 33.1 Å². The molecule has 0 aliphatic heterocycles. The van der Waals surface area contributed by atoms with Crippen molar-refractivity contribution in [1.82, 2.24) is 29.9 Å². The van der Waals surface area contributed by atoms with E-state index < -0.39 is 30.0 Å². The van der Waals surface area contributed by atoms with E-state index in [4.69, 9.17) is 11.5 Å². The predicted molar refractivity (Wildman–Crippen MR) is 221 cm³/mol. The molecule has 0 bridgehead atoms. The fraction of sp³-hybridized carbons (Fsp3) is 0.158. The van der Waals surface area contributed by atoms with E-state index in [0.717, 1.165) is 5.56 Å². The van der Waals surface area contributed by atoms with E-state index in [-0.39, 0.29) is 41.1 Å². The molecule has 6 rings (SSSR count). The lowest BCUT2D eigenvalue weighted by Gasteiger charge is -2.12. The Balaban J connectivity index is 1.27. The average molecular weight is 825 g/mol. The second-order valence-electron chi connectivity index (χ2n) is 12.6. The van der Waals surface area contributed by atoms with Crippen molar-refractivity contribution in [2.75, 3.05) is 47.4 Å². The molecule has 58 heavy (non-hydrogen) atoms. The highest BCUT2D eigenvalue weighted by atomic mass is 32.2. The van der Waals surface area contributed by atoms with Crippen molar-refractivity contribution in [3.63, 3.8) is 0 Å². The van der Waals surface area contributed by atoms with Crippen LogP contribution in [-0.4, -0.2) is 82.0 Å². The van der Waals surface area contributed by atoms with E-state index in [1.54, 1.807) is 6.07 Å². The zero-order chi connectivity index (χ0) is 41.1. The molecule has 0 amide bonds. The molecule has 10 N–H and O–H groups in total. The molecule has 0 atom stereocenters. The smallest absolute Gasteiger partial charge is 0.295 e. The lowest BCUT2D eigenvalue weighted by atomic mass is 10.1. The van der Waals surface area contributed by atoms with Gasteiger partial charge in [0.05, 0.1) is 0 Å². The molecule has 0 saturated heterocycles. The van der Waals surface area contributed by atoms with Gasteiger partial charge in [0.15, 0.2) is 0 Å². The first-order valence-corrected chi connectivity index (χ1v) is 20.6. The van der Waals surface area contributed by atoms with E-state index in [1.807, 2.05) is 60.7 Å². The summed E-state index contributed by atoms with van der Waals surface area (Å²) in [5, 5.41) is 12.1. The van der Waals surface area contributed by atoms with Crippen molar-refractivity contribution < 1.29 is 25.9 Å². The van der Waals surface area contributed by atoms with Crippen molar-refractivity contribution in [3.05, 3.63) is 131 Å². The van der Waals surface area contributed by atoms with Gasteiger partial charge in [-0.05, 0) is 52.6 Å². The largest absolute Gasteiger partial charge is 0.353 e. The van der Waals surface area contributed by atoms with Crippen LogP contribution in [0.5, 0.6) is 0 Å². The Hall–Kier alpha value is -6.42. The number of rotatable bonds is 18. The second kappa shape index (κ2) is 18.7. The number of anilines is 6. The highest BCUT2D eigenvalue weighted by Crippen LogP contribution is 2.27. The van der Waals surface area contributed by atoms with Crippen LogP contribution in [0.3, 0.4) is 0 Å². The third-order valence-electron chi connectivity index (χ3n) is 8.16. The van der Waals surface area contributed by atoms with Crippen LogP contribution in [0.25, 0.3) is 12.2 Å². The number of nitrogens with one attached hydrogen (secondary N) is 4. The number of hydrogen-bond donors (Lipinski definition) is 8. The SMILES string of the molecule is NCCNc1nc(Cc2ccccc2)nc(Cc2ccc(/C=C/c3ccc(Nc4nc(NCCN)nc(Nc5ccccc5)n4)cc3S(=O)(=O)O)c(S(=O)(=O)O)c2)n1. The van der Waals surface area contributed by atoms with Crippen molar-refractivity contribution in [3.8, 4) is 0 Å². The maximum atomic E-state index is 12.6. The first kappa shape index (κ1) is 41.2. The summed E-state index contributed by atoms with van der Waals surface area (Å²) in [5.41, 5.74) is 13.7. The highest BCUT2D eigenvalue weighted by molar-refractivity contribution is 7.86. The van der Waals surface area contributed by atoms with Crippen molar-refractivity contribution in [2.24, 2.45) is 11.5 Å². The predicted octanol–water partition coefficient (Wildman–Crippen LogP) is 4.13. The summed E-state index contributed by atoms with van der Waals surface area (Å²) in [4.78, 5) is 25.7. The molecule has 0 spiro atoms. The van der Waals surface area contributed by atoms with Crippen LogP contribution in [0, 0.1) is 0 Å². The molecular weight excluding hydrogens is 785 g/mol. The van der Waals surface area contributed by atoms with Crippen molar-refractivity contribution in [2.45, 2.75) is 22.6 Å². The molecule has 2 aromatic heterocycles. The maximum Gasteiger partial charge on any atom is 0.295 e. The summed E-state index contributed by atoms with van der Waals surface area (Å²) in [6, 6.07) is 27.2. The molecule has 0 radical (unpaired) electrons. The summed E-state index contributed by atoms with van der Waals surface area (Å²) in [6.07, 6.45) is 3.12. The minimum Gasteiger partial charge on any atom is -0.353 e. The fourth-order valence-corrected chi connectivity index (χ4v) is 7.03. The summed E-state index contributed by atoms with van der Waals surface area (Å²) in [5.74, 6) is 1.58. The second-order valence-corrected chi connectivity index (χ2v) is 15.4. The third kappa shape index (κ3) is 11.6. The third-order valence-corrected chi connectivity index (χ3v) is 9.98. The first-order chi connectivity index (χ1) is 27.9. The van der Waals surface area contributed by atoms with Gasteiger partial charge in [0.1, 0.15) is 21.4 Å². The molecule has 18 nitrogen and oxygen atoms in total. The normalized spacial score (nSPS) is 11.7. The number of nitrogens with two attached hydrogens (primary N) is 2. The molecule has 0 fully saturated rings. The molecular formula is C38H40N12O6S2. The molecule has 0 saturated carbocycles. The van der Waals surface area contributed by atoms with E-state index in [0.29, 0.717) is 61.4 Å². The van der Waals surface area contributed by atoms with E-state index in [9.17, 15) is 25.9 Å². The van der Waals surface area contributed by atoms with Gasteiger partial charge < -0.3 is 32.7 Å². The number of aromatic nitrogens is 6. The summed E-state index contributed by atoms with van der Waals surface area (Å²) in [6.45, 7) is 1.44. The Morgan fingerprint density at radius 3 is 1.57 bits per heavy atom. The van der Waals surface area contributed by atoms with Crippen LogP contribution in [0.1, 0.15) is 33.9 Å². The van der Waals surface area contributed by atoms with Gasteiger partial charge in [-0.2, -0.15) is 41.8 Å². The van der Waals surface area contributed by atoms with Crippen LogP contribution in [0.4, 0.5) is 35.2 Å². The number of para-hydroxylation sites is 1. The molecule has 0 aliphatic carbocycles. The van der Waals surface area contributed by atoms with Gasteiger partial charge in [-0.25, -0.2) is 4.98 Å². The lowest BCUT2D eigenvalue weighted by molar-refractivity contribution is 0.480. The number of benzene rings is 4. The lowest BCUT2D eigenvalue weighted by Crippen LogP contribution is -2.17. The van der Waals surface area contributed by atoms with Crippen LogP contribution < -0.4 is 32.7 Å². The zero-order valence-corrected chi connectivity index (χ0v) is 32.4. The van der Waals surface area contributed by atoms with E-state index >= 15 is 0 Å². The molecule has 0 unspecified atom stereocenters. The number of hydrogen-bond acceptors (Lipinski definition) is 16. The van der Waals surface area contributed by atoms with Crippen LogP contribution >= 0.6 is 0 Å². The Kier molecular flexibility index (Phi) is 13.3. The van der Waals surface area contributed by atoms with E-state index in [2.05, 4.69) is 51.2 Å². The quantitative estimate of drug-likeness (QED) is 0.0446. The first-order valence-electron chi connectivity index (χ1n) is 17.8. The Morgan fingerprint density at radius 1 is 0.517 bits per heavy atom. The van der Waals surface area contributed by atoms with Gasteiger partial charge in [0, 0.05) is 50.4 Å². The van der Waals surface area contributed by atoms with Crippen LogP contribution in [0.2, 0.25) is 0 Å². The Bertz CT molecular complexity index is 2440. The molecule has 0 aliphatic rings. The van der Waals surface area contributed by atoms with Crippen LogP contribution in [0.15, 0.2) is 107 Å². The van der Waals surface area contributed by atoms with Gasteiger partial charge in [-0.15, -0.1) is 0 Å². The highest BCUT2D eigenvalue weighted by Gasteiger charge is 2.19. The standard InChI is InChI=1S/C38H40N12O6S2/c39-17-19-41-35-46-33(22-25-7-3-1-4-8-25)45-34(47-35)23-26-11-12-27(31(21-26)57(51,52)53)13-14-28-15-16-30(24-32(28)58(54,55)56)44-38-49-36(42-20-18-40)48-37(50-38)43-29-9-5-2-6-10-29/h1-16,21,24H,17-20,22-23,39-40H2,(H,51,52,53)(H,54,55,56)(H,41,45,46,47)(H3,42,43,44,48,49,50)/b14-13+. The van der Waals surface area contributed by atoms with Crippen molar-refractivity contribution >= 4 is 67.6 Å². The molecule has 2 heterocycles. The van der Waals surface area contributed by atoms with Gasteiger partial charge in [0.25, 0.3) is 20.2 Å². The minimum atomic E-state index is -4.82. The van der Waals surface area contributed by atoms with Gasteiger partial charge in [-0.1, -0.05) is 78.9 Å². The van der Waals surface area contributed by atoms with Gasteiger partial charge in [0.2, 0.25) is 23.8 Å². The summed E-state index contributed by atoms with van der Waals surface area (Å²) >= 11 is 0. The average Bonchev–Trinajstić information content (AvgIpc) is 3.19. The Morgan fingerprint density at radius 2 is 1.00 bits per heavy atom. The Labute approximate surface area is 334 Å².